The van der Waals surface area contributed by atoms with Gasteiger partial charge in [0.05, 0.1) is 5.25 Å². The second kappa shape index (κ2) is 9.93. The van der Waals surface area contributed by atoms with Gasteiger partial charge in [-0.15, -0.1) is 21.5 Å². The van der Waals surface area contributed by atoms with Crippen LogP contribution in [0.3, 0.4) is 0 Å². The maximum atomic E-state index is 12.6. The van der Waals surface area contributed by atoms with Crippen molar-refractivity contribution in [3.05, 3.63) is 75.9 Å². The molecule has 0 saturated heterocycles. The summed E-state index contributed by atoms with van der Waals surface area (Å²) >= 11 is 3.10. The van der Waals surface area contributed by atoms with Crippen LogP contribution in [0.1, 0.15) is 28.9 Å². The molecule has 1 N–H and O–H groups in total. The van der Waals surface area contributed by atoms with E-state index in [1.807, 2.05) is 31.2 Å². The summed E-state index contributed by atoms with van der Waals surface area (Å²) in [5, 5.41) is 17.9. The number of hydrogen-bond acceptors (Lipinski definition) is 7. The van der Waals surface area contributed by atoms with Gasteiger partial charge in [-0.1, -0.05) is 53.3 Å². The molecule has 4 rings (SSSR count). The first kappa shape index (κ1) is 21.3. The molecule has 4 aromatic rings. The Balaban J connectivity index is 1.49. The molecule has 1 unspecified atom stereocenters. The van der Waals surface area contributed by atoms with Gasteiger partial charge in [0, 0.05) is 23.9 Å². The average Bonchev–Trinajstić information content (AvgIpc) is 3.51. The van der Waals surface area contributed by atoms with E-state index in [9.17, 15) is 4.79 Å². The fourth-order valence-corrected chi connectivity index (χ4v) is 4.68. The van der Waals surface area contributed by atoms with E-state index in [2.05, 4.69) is 48.8 Å². The van der Waals surface area contributed by atoms with E-state index in [-0.39, 0.29) is 11.2 Å². The smallest absolute Gasteiger partial charge is 0.238 e. The average molecular weight is 454 g/mol. The Hall–Kier alpha value is -2.91. The topological polar surface area (TPSA) is 85.8 Å². The molecule has 1 atom stereocenters. The quantitative estimate of drug-likeness (QED) is 0.373. The number of nitrogens with one attached hydrogen (secondary N) is 1. The highest BCUT2D eigenvalue weighted by atomic mass is 32.2. The highest BCUT2D eigenvalue weighted by Crippen LogP contribution is 2.25. The summed E-state index contributed by atoms with van der Waals surface area (Å²) in [6.45, 7) is 4.38. The maximum Gasteiger partial charge on any atom is 0.238 e. The summed E-state index contributed by atoms with van der Waals surface area (Å²) < 4.78 is 7.14. The maximum absolute atomic E-state index is 12.6. The summed E-state index contributed by atoms with van der Waals surface area (Å²) in [7, 11) is 0. The number of thiophene rings is 1. The molecule has 0 aliphatic rings. The number of nitrogens with zero attached hydrogens (tertiary/aromatic N) is 4. The zero-order valence-corrected chi connectivity index (χ0v) is 18.9. The molecule has 3 heterocycles. The third-order valence-electron chi connectivity index (χ3n) is 4.70. The molecule has 0 saturated carbocycles. The summed E-state index contributed by atoms with van der Waals surface area (Å²) in [4.78, 5) is 13.8. The number of carbonyl (C=O) groups is 1. The van der Waals surface area contributed by atoms with Gasteiger partial charge < -0.3 is 14.4 Å². The van der Waals surface area contributed by atoms with Crippen molar-refractivity contribution in [2.45, 2.75) is 43.6 Å². The van der Waals surface area contributed by atoms with Crippen LogP contribution in [-0.4, -0.2) is 31.1 Å². The Morgan fingerprint density at radius 1 is 1.23 bits per heavy atom. The molecule has 0 radical (unpaired) electrons. The molecule has 1 amide bonds. The van der Waals surface area contributed by atoms with Gasteiger partial charge >= 0.3 is 0 Å². The van der Waals surface area contributed by atoms with Gasteiger partial charge in [-0.25, -0.2) is 0 Å². The van der Waals surface area contributed by atoms with E-state index in [0.717, 1.165) is 30.4 Å². The number of amides is 1. The Bertz CT molecular complexity index is 1120. The summed E-state index contributed by atoms with van der Waals surface area (Å²) in [6.07, 6.45) is 1.58. The number of anilines is 1. The molecule has 7 nitrogen and oxygen atoms in total. The molecule has 3 aromatic heterocycles. The lowest BCUT2D eigenvalue weighted by molar-refractivity contribution is -0.115. The van der Waals surface area contributed by atoms with Gasteiger partial charge in [0.2, 0.25) is 5.91 Å². The van der Waals surface area contributed by atoms with Crippen molar-refractivity contribution in [3.8, 4) is 0 Å². The molecule has 9 heteroatoms. The molecule has 0 aliphatic heterocycles. The number of carbonyl (C=O) groups excluding carboxylic acids is 1. The van der Waals surface area contributed by atoms with Crippen molar-refractivity contribution in [1.82, 2.24) is 19.9 Å². The third-order valence-corrected chi connectivity index (χ3v) is 6.66. The minimum Gasteiger partial charge on any atom is -0.360 e. The second-order valence-corrected chi connectivity index (χ2v) is 9.45. The molecule has 1 aromatic carbocycles. The van der Waals surface area contributed by atoms with Crippen LogP contribution < -0.4 is 5.32 Å². The number of rotatable bonds is 9. The van der Waals surface area contributed by atoms with Crippen molar-refractivity contribution in [3.63, 3.8) is 0 Å². The summed E-state index contributed by atoms with van der Waals surface area (Å²) in [5.74, 6) is 1.81. The van der Waals surface area contributed by atoms with Gasteiger partial charge in [0.15, 0.2) is 11.0 Å². The summed E-state index contributed by atoms with van der Waals surface area (Å²) in [5.41, 5.74) is 1.25. The zero-order valence-electron chi connectivity index (χ0n) is 17.3. The number of aryl methyl sites for hydroxylation is 2. The van der Waals surface area contributed by atoms with Gasteiger partial charge in [-0.2, -0.15) is 0 Å². The van der Waals surface area contributed by atoms with Crippen LogP contribution in [0.15, 0.2) is 63.6 Å². The highest BCUT2D eigenvalue weighted by molar-refractivity contribution is 8.00. The predicted octanol–water partition coefficient (Wildman–Crippen LogP) is 4.59. The Kier molecular flexibility index (Phi) is 6.83. The fourth-order valence-electron chi connectivity index (χ4n) is 3.08. The predicted molar refractivity (Wildman–Crippen MR) is 122 cm³/mol. The number of hydrogen-bond donors (Lipinski definition) is 1. The molecule has 160 valence electrons. The highest BCUT2D eigenvalue weighted by Gasteiger charge is 2.21. The van der Waals surface area contributed by atoms with E-state index < -0.39 is 0 Å². The first-order valence-corrected chi connectivity index (χ1v) is 11.7. The van der Waals surface area contributed by atoms with E-state index in [0.29, 0.717) is 11.6 Å². The SMILES string of the molecule is Cc1cc(NC(=O)C(C)Sc2nnc(Cc3cccs3)n2CCc2ccccc2)no1. The first-order valence-electron chi connectivity index (χ1n) is 9.97. The molecule has 31 heavy (non-hydrogen) atoms. The van der Waals surface area contributed by atoms with Gasteiger partial charge in [0.1, 0.15) is 11.6 Å². The zero-order chi connectivity index (χ0) is 21.6. The fraction of sp³-hybridized carbons (Fsp3) is 0.273. The summed E-state index contributed by atoms with van der Waals surface area (Å²) in [6, 6.07) is 16.2. The van der Waals surface area contributed by atoms with Crippen LogP contribution in [0, 0.1) is 6.92 Å². The Morgan fingerprint density at radius 2 is 2.06 bits per heavy atom. The largest absolute Gasteiger partial charge is 0.360 e. The Morgan fingerprint density at radius 3 is 2.77 bits per heavy atom. The lowest BCUT2D eigenvalue weighted by atomic mass is 10.1. The number of thioether (sulfide) groups is 1. The van der Waals surface area contributed by atoms with Crippen LogP contribution in [0.2, 0.25) is 0 Å². The van der Waals surface area contributed by atoms with Crippen LogP contribution in [0.4, 0.5) is 5.82 Å². The van der Waals surface area contributed by atoms with Crippen molar-refractivity contribution in [2.24, 2.45) is 0 Å². The van der Waals surface area contributed by atoms with E-state index in [1.165, 1.54) is 22.2 Å². The van der Waals surface area contributed by atoms with Crippen molar-refractivity contribution < 1.29 is 9.32 Å². The van der Waals surface area contributed by atoms with Crippen LogP contribution >= 0.6 is 23.1 Å². The molecule has 0 bridgehead atoms. The minimum atomic E-state index is -0.369. The van der Waals surface area contributed by atoms with Crippen molar-refractivity contribution in [2.75, 3.05) is 5.32 Å². The van der Waals surface area contributed by atoms with Crippen LogP contribution in [-0.2, 0) is 24.2 Å². The van der Waals surface area contributed by atoms with Crippen molar-refractivity contribution >= 4 is 34.8 Å². The molecule has 0 fully saturated rings. The van der Waals surface area contributed by atoms with Gasteiger partial charge in [-0.3, -0.25) is 4.79 Å². The Labute approximate surface area is 188 Å². The number of aromatic nitrogens is 4. The molecular formula is C22H23N5O2S2. The second-order valence-electron chi connectivity index (χ2n) is 7.11. The normalized spacial score (nSPS) is 12.1. The monoisotopic (exact) mass is 453 g/mol. The van der Waals surface area contributed by atoms with E-state index in [1.54, 1.807) is 24.3 Å². The third kappa shape index (κ3) is 5.62. The minimum absolute atomic E-state index is 0.157. The number of benzene rings is 1. The van der Waals surface area contributed by atoms with Crippen LogP contribution in [0.5, 0.6) is 0 Å². The van der Waals surface area contributed by atoms with Crippen LogP contribution in [0.25, 0.3) is 0 Å². The van der Waals surface area contributed by atoms with Gasteiger partial charge in [-0.05, 0) is 37.3 Å². The van der Waals surface area contributed by atoms with E-state index >= 15 is 0 Å². The van der Waals surface area contributed by atoms with Gasteiger partial charge in [0.25, 0.3) is 0 Å². The standard InChI is InChI=1S/C22H23N5O2S2/c1-15-13-19(26-29-15)23-21(28)16(2)31-22-25-24-20(14-18-9-6-12-30-18)27(22)11-10-17-7-4-3-5-8-17/h3-9,12-13,16H,10-11,14H2,1-2H3,(H,23,26,28). The van der Waals surface area contributed by atoms with E-state index in [4.69, 9.17) is 4.52 Å². The lowest BCUT2D eigenvalue weighted by Gasteiger charge is -2.13. The lowest BCUT2D eigenvalue weighted by Crippen LogP contribution is -2.23. The molecule has 0 aliphatic carbocycles. The van der Waals surface area contributed by atoms with Crippen molar-refractivity contribution in [1.29, 1.82) is 0 Å². The molecular weight excluding hydrogens is 430 g/mol. The first-order chi connectivity index (χ1) is 15.1. The molecule has 0 spiro atoms.